The monoisotopic (exact) mass is 421 g/mol. The third-order valence-electron chi connectivity index (χ3n) is 5.07. The van der Waals surface area contributed by atoms with E-state index in [2.05, 4.69) is 21.6 Å². The van der Waals surface area contributed by atoms with E-state index in [1.807, 2.05) is 41.3 Å². The molecule has 0 saturated heterocycles. The summed E-state index contributed by atoms with van der Waals surface area (Å²) in [5, 5.41) is 0. The highest BCUT2D eigenvalue weighted by Gasteiger charge is 2.30. The van der Waals surface area contributed by atoms with Crippen LogP contribution in [0, 0.1) is 0 Å². The highest BCUT2D eigenvalue weighted by atomic mass is 32.2. The van der Waals surface area contributed by atoms with E-state index in [1.165, 1.54) is 0 Å². The quantitative estimate of drug-likeness (QED) is 0.641. The molecule has 154 valence electrons. The lowest BCUT2D eigenvalue weighted by Crippen LogP contribution is -2.41. The maximum atomic E-state index is 13.1. The Bertz CT molecular complexity index is 1170. The van der Waals surface area contributed by atoms with Gasteiger partial charge in [0.1, 0.15) is 0 Å². The molecule has 1 aromatic heterocycles. The molecule has 1 amide bonds. The van der Waals surface area contributed by atoms with Crippen LogP contribution < -0.4 is 4.72 Å². The Morgan fingerprint density at radius 1 is 1.00 bits per heavy atom. The van der Waals surface area contributed by atoms with Crippen LogP contribution in [0.15, 0.2) is 79.0 Å². The largest absolute Gasteiger partial charge is 0.348 e. The number of nitrogens with one attached hydrogen (secondary N) is 1. The molecule has 0 saturated carbocycles. The van der Waals surface area contributed by atoms with Gasteiger partial charge in [0, 0.05) is 36.7 Å². The summed E-state index contributed by atoms with van der Waals surface area (Å²) >= 11 is 0. The number of rotatable bonds is 5. The number of nitrogens with zero attached hydrogens (tertiary/aromatic N) is 2. The van der Waals surface area contributed by atoms with Crippen molar-refractivity contribution < 1.29 is 13.2 Å². The van der Waals surface area contributed by atoms with Gasteiger partial charge in [-0.1, -0.05) is 42.5 Å². The number of anilines is 1. The van der Waals surface area contributed by atoms with Crippen LogP contribution in [0.2, 0.25) is 0 Å². The van der Waals surface area contributed by atoms with Crippen molar-refractivity contribution in [2.75, 3.05) is 17.5 Å². The summed E-state index contributed by atoms with van der Waals surface area (Å²) in [6.45, 7) is 1.39. The van der Waals surface area contributed by atoms with E-state index in [-0.39, 0.29) is 11.9 Å². The minimum Gasteiger partial charge on any atom is -0.348 e. The Kier molecular flexibility index (Phi) is 5.46. The Hall–Kier alpha value is -3.32. The fraction of sp³-hybridized carbons (Fsp3) is 0.174. The van der Waals surface area contributed by atoms with Crippen molar-refractivity contribution >= 4 is 27.7 Å². The van der Waals surface area contributed by atoms with Gasteiger partial charge < -0.3 is 9.47 Å². The molecule has 0 fully saturated rings. The van der Waals surface area contributed by atoms with Crippen molar-refractivity contribution in [1.82, 2.24) is 9.47 Å². The second kappa shape index (κ2) is 8.20. The summed E-state index contributed by atoms with van der Waals surface area (Å²) in [6.07, 6.45) is 6.49. The average molecular weight is 422 g/mol. The molecule has 1 aliphatic rings. The van der Waals surface area contributed by atoms with Crippen LogP contribution in [0.4, 0.5) is 5.69 Å². The fourth-order valence-electron chi connectivity index (χ4n) is 3.75. The highest BCUT2D eigenvalue weighted by molar-refractivity contribution is 7.92. The van der Waals surface area contributed by atoms with Gasteiger partial charge in [0.2, 0.25) is 15.9 Å². The number of benzene rings is 2. The first-order chi connectivity index (χ1) is 14.4. The summed E-state index contributed by atoms with van der Waals surface area (Å²) < 4.78 is 27.2. The van der Waals surface area contributed by atoms with Crippen LogP contribution in [-0.2, 0) is 21.4 Å². The van der Waals surface area contributed by atoms with Gasteiger partial charge >= 0.3 is 0 Å². The van der Waals surface area contributed by atoms with E-state index in [4.69, 9.17) is 0 Å². The second-order valence-corrected chi connectivity index (χ2v) is 9.05. The molecule has 4 rings (SSSR count). The summed E-state index contributed by atoms with van der Waals surface area (Å²) in [6, 6.07) is 20.9. The molecule has 1 unspecified atom stereocenters. The maximum Gasteiger partial charge on any atom is 0.247 e. The molecule has 0 radical (unpaired) electrons. The molecule has 0 bridgehead atoms. The van der Waals surface area contributed by atoms with Crippen molar-refractivity contribution in [2.45, 2.75) is 12.6 Å². The summed E-state index contributed by atoms with van der Waals surface area (Å²) in [5.41, 5.74) is 3.49. The molecular formula is C23H23N3O3S. The first kappa shape index (κ1) is 20.0. The van der Waals surface area contributed by atoms with E-state index < -0.39 is 10.0 Å². The second-order valence-electron chi connectivity index (χ2n) is 7.30. The standard InChI is InChI=1S/C23H23N3O3S/c1-30(28,29)24-20-12-9-18(10-13-20)11-14-22(27)26-17-16-25-15-5-8-21(25)23(26)19-6-3-2-4-7-19/h2-15,23-24H,16-17H2,1H3/b14-11+. The van der Waals surface area contributed by atoms with Crippen molar-refractivity contribution in [3.05, 3.63) is 95.8 Å². The Balaban J connectivity index is 1.55. The first-order valence-electron chi connectivity index (χ1n) is 9.67. The molecule has 6 nitrogen and oxygen atoms in total. The topological polar surface area (TPSA) is 71.4 Å². The number of carbonyl (C=O) groups excluding carboxylic acids is 1. The molecule has 1 aliphatic heterocycles. The third kappa shape index (κ3) is 4.46. The molecule has 0 spiro atoms. The molecule has 7 heteroatoms. The van der Waals surface area contributed by atoms with Crippen LogP contribution in [-0.4, -0.2) is 36.6 Å². The number of sulfonamides is 1. The van der Waals surface area contributed by atoms with Crippen molar-refractivity contribution in [3.63, 3.8) is 0 Å². The lowest BCUT2D eigenvalue weighted by molar-refractivity contribution is -0.128. The highest BCUT2D eigenvalue weighted by Crippen LogP contribution is 2.32. The summed E-state index contributed by atoms with van der Waals surface area (Å²) in [5.74, 6) is -0.0605. The SMILES string of the molecule is CS(=O)(=O)Nc1ccc(/C=C/C(=O)N2CCn3cccc3C2c2ccccc2)cc1. The van der Waals surface area contributed by atoms with Gasteiger partial charge in [-0.05, 0) is 41.5 Å². The van der Waals surface area contributed by atoms with Gasteiger partial charge in [0.05, 0.1) is 12.3 Å². The normalized spacial score (nSPS) is 16.4. The Labute approximate surface area is 176 Å². The van der Waals surface area contributed by atoms with Crippen LogP contribution in [0.3, 0.4) is 0 Å². The summed E-state index contributed by atoms with van der Waals surface area (Å²) in [4.78, 5) is 15.0. The molecule has 0 aliphatic carbocycles. The molecule has 2 heterocycles. The molecule has 3 aromatic rings. The van der Waals surface area contributed by atoms with Gasteiger partial charge in [-0.2, -0.15) is 0 Å². The lowest BCUT2D eigenvalue weighted by atomic mass is 10.00. The van der Waals surface area contributed by atoms with Crippen LogP contribution in [0.25, 0.3) is 6.08 Å². The smallest absolute Gasteiger partial charge is 0.247 e. The van der Waals surface area contributed by atoms with E-state index in [0.29, 0.717) is 12.2 Å². The molecular weight excluding hydrogens is 398 g/mol. The zero-order valence-corrected chi connectivity index (χ0v) is 17.4. The molecule has 30 heavy (non-hydrogen) atoms. The zero-order chi connectivity index (χ0) is 21.1. The minimum absolute atomic E-state index is 0.0605. The third-order valence-corrected chi connectivity index (χ3v) is 5.68. The summed E-state index contributed by atoms with van der Waals surface area (Å²) in [7, 11) is -3.31. The Morgan fingerprint density at radius 3 is 2.43 bits per heavy atom. The first-order valence-corrected chi connectivity index (χ1v) is 11.6. The fourth-order valence-corrected chi connectivity index (χ4v) is 4.31. The van der Waals surface area contributed by atoms with E-state index >= 15 is 0 Å². The number of hydrogen-bond donors (Lipinski definition) is 1. The average Bonchev–Trinajstić information content (AvgIpc) is 3.20. The number of carbonyl (C=O) groups is 1. The zero-order valence-electron chi connectivity index (χ0n) is 16.6. The van der Waals surface area contributed by atoms with Crippen molar-refractivity contribution in [2.24, 2.45) is 0 Å². The molecule has 2 aromatic carbocycles. The number of fused-ring (bicyclic) bond motifs is 1. The predicted octanol–water partition coefficient (Wildman–Crippen LogP) is 3.50. The van der Waals surface area contributed by atoms with Gasteiger partial charge in [0.15, 0.2) is 0 Å². The van der Waals surface area contributed by atoms with Crippen LogP contribution >= 0.6 is 0 Å². The van der Waals surface area contributed by atoms with E-state index in [9.17, 15) is 13.2 Å². The van der Waals surface area contributed by atoms with Gasteiger partial charge in [-0.15, -0.1) is 0 Å². The van der Waals surface area contributed by atoms with Gasteiger partial charge in [0.25, 0.3) is 0 Å². The van der Waals surface area contributed by atoms with E-state index in [1.54, 1.807) is 36.4 Å². The Morgan fingerprint density at radius 2 is 1.73 bits per heavy atom. The lowest BCUT2D eigenvalue weighted by Gasteiger charge is -2.36. The maximum absolute atomic E-state index is 13.1. The van der Waals surface area contributed by atoms with Crippen molar-refractivity contribution in [1.29, 1.82) is 0 Å². The number of amides is 1. The molecule has 1 atom stereocenters. The van der Waals surface area contributed by atoms with Gasteiger partial charge in [-0.25, -0.2) is 8.42 Å². The minimum atomic E-state index is -3.31. The van der Waals surface area contributed by atoms with Crippen LogP contribution in [0.5, 0.6) is 0 Å². The van der Waals surface area contributed by atoms with Crippen molar-refractivity contribution in [3.8, 4) is 0 Å². The van der Waals surface area contributed by atoms with Gasteiger partial charge in [-0.3, -0.25) is 9.52 Å². The molecule has 1 N–H and O–H groups in total. The number of aromatic nitrogens is 1. The van der Waals surface area contributed by atoms with E-state index in [0.717, 1.165) is 29.6 Å². The number of hydrogen-bond acceptors (Lipinski definition) is 3. The van der Waals surface area contributed by atoms with Crippen LogP contribution in [0.1, 0.15) is 22.9 Å². The predicted molar refractivity (Wildman–Crippen MR) is 118 cm³/mol.